The summed E-state index contributed by atoms with van der Waals surface area (Å²) in [7, 11) is 0. The Kier molecular flexibility index (Phi) is 9.94. The van der Waals surface area contributed by atoms with E-state index in [1.807, 2.05) is 6.92 Å². The van der Waals surface area contributed by atoms with Crippen LogP contribution in [0.15, 0.2) is 48.0 Å². The molecule has 7 heteroatoms. The van der Waals surface area contributed by atoms with Crippen molar-refractivity contribution in [3.8, 4) is 0 Å². The average molecular weight is 526 g/mol. The maximum Gasteiger partial charge on any atom is 0.234 e. The minimum Gasteiger partial charge on any atom is -0.354 e. The number of benzene rings is 2. The Labute approximate surface area is 226 Å². The lowest BCUT2D eigenvalue weighted by molar-refractivity contribution is -0.122. The van der Waals surface area contributed by atoms with E-state index in [4.69, 9.17) is 0 Å². The number of thiol groups is 2. The molecule has 194 valence electrons. The lowest BCUT2D eigenvalue weighted by Crippen LogP contribution is -2.45. The number of hydrogen-bond donors (Lipinski definition) is 3. The van der Waals surface area contributed by atoms with Gasteiger partial charge in [-0.3, -0.25) is 19.4 Å². The summed E-state index contributed by atoms with van der Waals surface area (Å²) in [6, 6.07) is 15.8. The Balaban J connectivity index is 1.48. The molecule has 2 aliphatic rings. The first-order valence-electron chi connectivity index (χ1n) is 13.3. The van der Waals surface area contributed by atoms with Crippen molar-refractivity contribution in [1.29, 1.82) is 0 Å². The van der Waals surface area contributed by atoms with Gasteiger partial charge < -0.3 is 5.32 Å². The molecular weight excluding hydrogens is 486 g/mol. The van der Waals surface area contributed by atoms with Crippen LogP contribution in [0.25, 0.3) is 16.3 Å². The molecule has 36 heavy (non-hydrogen) atoms. The number of carbonyl (C=O) groups excluding carboxylic acids is 2. The van der Waals surface area contributed by atoms with Crippen LogP contribution in [0.3, 0.4) is 0 Å². The van der Waals surface area contributed by atoms with Crippen LogP contribution in [-0.4, -0.2) is 77.8 Å². The van der Waals surface area contributed by atoms with Crippen LogP contribution in [0.4, 0.5) is 0 Å². The zero-order valence-electron chi connectivity index (χ0n) is 21.3. The Morgan fingerprint density at radius 1 is 1.06 bits per heavy atom. The van der Waals surface area contributed by atoms with Crippen molar-refractivity contribution in [2.75, 3.05) is 44.2 Å². The minimum atomic E-state index is 0.0441. The number of fused-ring (bicyclic) bond motifs is 3. The molecule has 2 aliphatic heterocycles. The second-order valence-corrected chi connectivity index (χ2v) is 10.7. The maximum atomic E-state index is 13.3. The first-order valence-corrected chi connectivity index (χ1v) is 14.5. The molecule has 2 heterocycles. The number of nitrogens with one attached hydrogen (secondary N) is 1. The third-order valence-electron chi connectivity index (χ3n) is 7.57. The zero-order chi connectivity index (χ0) is 25.5. The van der Waals surface area contributed by atoms with Gasteiger partial charge in [0.25, 0.3) is 0 Å². The largest absolute Gasteiger partial charge is 0.354 e. The minimum absolute atomic E-state index is 0.0441. The topological polar surface area (TPSA) is 52.7 Å². The standard InChI is InChI=1S/C29H39N3O2S2/c1-2-27(33)29-25(23-9-8-21-6-3-4-7-22(21)18-23)19-24-10-11-26(29)32(24)14-5-13-31(15-17-36)20-28(34)30-12-16-35/h3-4,6-9,18,24,26,35-36H,2,5,10-17,19-20H2,1H3,(H,30,34). The van der Waals surface area contributed by atoms with Crippen LogP contribution < -0.4 is 5.32 Å². The zero-order valence-corrected chi connectivity index (χ0v) is 23.1. The highest BCUT2D eigenvalue weighted by atomic mass is 32.1. The van der Waals surface area contributed by atoms with Crippen LogP contribution >= 0.6 is 25.3 Å². The maximum absolute atomic E-state index is 13.3. The molecule has 2 bridgehead atoms. The summed E-state index contributed by atoms with van der Waals surface area (Å²) < 4.78 is 0. The second kappa shape index (κ2) is 13.1. The van der Waals surface area contributed by atoms with Crippen molar-refractivity contribution in [3.05, 3.63) is 53.6 Å². The van der Waals surface area contributed by atoms with Crippen LogP contribution in [-0.2, 0) is 9.59 Å². The van der Waals surface area contributed by atoms with E-state index in [1.54, 1.807) is 0 Å². The Morgan fingerprint density at radius 2 is 1.86 bits per heavy atom. The number of carbonyl (C=O) groups is 2. The molecule has 2 unspecified atom stereocenters. The van der Waals surface area contributed by atoms with Gasteiger partial charge in [-0.05, 0) is 60.2 Å². The summed E-state index contributed by atoms with van der Waals surface area (Å²) in [6.07, 6.45) is 4.63. The summed E-state index contributed by atoms with van der Waals surface area (Å²) in [6.45, 7) is 5.55. The highest BCUT2D eigenvalue weighted by molar-refractivity contribution is 7.80. The summed E-state index contributed by atoms with van der Waals surface area (Å²) in [5.74, 6) is 1.69. The molecule has 2 atom stereocenters. The van der Waals surface area contributed by atoms with E-state index >= 15 is 0 Å². The molecular formula is C29H39N3O2S2. The van der Waals surface area contributed by atoms with Gasteiger partial charge in [0.05, 0.1) is 6.54 Å². The Bertz CT molecular complexity index is 1100. The molecule has 1 amide bonds. The number of ketones is 1. The van der Waals surface area contributed by atoms with Crippen molar-refractivity contribution >= 4 is 53.3 Å². The van der Waals surface area contributed by atoms with E-state index < -0.39 is 0 Å². The molecule has 0 aromatic heterocycles. The van der Waals surface area contributed by atoms with Gasteiger partial charge in [0, 0.05) is 55.2 Å². The molecule has 4 rings (SSSR count). The lowest BCUT2D eigenvalue weighted by Gasteiger charge is -2.38. The number of Topliss-reactive ketones (excluding diaryl/α,β-unsaturated/α-hetero) is 1. The third kappa shape index (κ3) is 6.36. The van der Waals surface area contributed by atoms with E-state index in [1.165, 1.54) is 21.9 Å². The highest BCUT2D eigenvalue weighted by Crippen LogP contribution is 2.44. The molecule has 0 radical (unpaired) electrons. The fourth-order valence-electron chi connectivity index (χ4n) is 5.89. The highest BCUT2D eigenvalue weighted by Gasteiger charge is 2.42. The molecule has 0 saturated carbocycles. The van der Waals surface area contributed by atoms with Crippen LogP contribution in [0, 0.1) is 0 Å². The van der Waals surface area contributed by atoms with E-state index in [9.17, 15) is 9.59 Å². The molecule has 1 N–H and O–H groups in total. The molecule has 1 fully saturated rings. The van der Waals surface area contributed by atoms with Gasteiger partial charge in [0.2, 0.25) is 5.91 Å². The predicted octanol–water partition coefficient (Wildman–Crippen LogP) is 4.48. The monoisotopic (exact) mass is 525 g/mol. The smallest absolute Gasteiger partial charge is 0.234 e. The first-order chi connectivity index (χ1) is 17.5. The van der Waals surface area contributed by atoms with Crippen LogP contribution in [0.2, 0.25) is 0 Å². The van der Waals surface area contributed by atoms with Gasteiger partial charge >= 0.3 is 0 Å². The molecule has 2 aromatic carbocycles. The number of hydrogen-bond acceptors (Lipinski definition) is 6. The van der Waals surface area contributed by atoms with Gasteiger partial charge in [-0.2, -0.15) is 25.3 Å². The average Bonchev–Trinajstić information content (AvgIpc) is 3.17. The van der Waals surface area contributed by atoms with E-state index in [-0.39, 0.29) is 17.7 Å². The molecule has 0 spiro atoms. The molecule has 2 aromatic rings. The SMILES string of the molecule is CCC(=O)C1=C(c2ccc3ccccc3c2)CC2CCC1N2CCCN(CCS)CC(=O)NCCS. The summed E-state index contributed by atoms with van der Waals surface area (Å²) in [4.78, 5) is 30.2. The molecule has 0 aliphatic carbocycles. The van der Waals surface area contributed by atoms with Crippen molar-refractivity contribution in [2.24, 2.45) is 0 Å². The molecule has 1 saturated heterocycles. The first kappa shape index (κ1) is 27.2. The van der Waals surface area contributed by atoms with Gasteiger partial charge in [0.15, 0.2) is 5.78 Å². The second-order valence-electron chi connectivity index (χ2n) is 9.85. The van der Waals surface area contributed by atoms with Crippen molar-refractivity contribution in [2.45, 2.75) is 51.1 Å². The summed E-state index contributed by atoms with van der Waals surface area (Å²) in [5, 5.41) is 5.36. The van der Waals surface area contributed by atoms with Crippen LogP contribution in [0.1, 0.15) is 44.6 Å². The Hall–Kier alpha value is -1.80. The fourth-order valence-corrected chi connectivity index (χ4v) is 6.28. The summed E-state index contributed by atoms with van der Waals surface area (Å²) in [5.41, 5.74) is 3.50. The molecule has 5 nitrogen and oxygen atoms in total. The third-order valence-corrected chi connectivity index (χ3v) is 7.99. The van der Waals surface area contributed by atoms with Crippen LogP contribution in [0.5, 0.6) is 0 Å². The Morgan fingerprint density at radius 3 is 2.61 bits per heavy atom. The predicted molar refractivity (Wildman–Crippen MR) is 156 cm³/mol. The van der Waals surface area contributed by atoms with Gasteiger partial charge in [0.1, 0.15) is 0 Å². The van der Waals surface area contributed by atoms with Gasteiger partial charge in [-0.25, -0.2) is 0 Å². The van der Waals surface area contributed by atoms with Crippen molar-refractivity contribution in [1.82, 2.24) is 15.1 Å². The van der Waals surface area contributed by atoms with Gasteiger partial charge in [-0.15, -0.1) is 0 Å². The normalized spacial score (nSPS) is 19.9. The quantitative estimate of drug-likeness (QED) is 0.338. The lowest BCUT2D eigenvalue weighted by atomic mass is 9.85. The fraction of sp³-hybridized carbons (Fsp3) is 0.517. The number of rotatable bonds is 13. The van der Waals surface area contributed by atoms with Crippen molar-refractivity contribution in [3.63, 3.8) is 0 Å². The van der Waals surface area contributed by atoms with E-state index in [0.29, 0.717) is 31.3 Å². The number of amides is 1. The number of nitrogens with zero attached hydrogens (tertiary/aromatic N) is 2. The van der Waals surface area contributed by atoms with Gasteiger partial charge in [-0.1, -0.05) is 43.3 Å². The van der Waals surface area contributed by atoms with Crippen molar-refractivity contribution < 1.29 is 9.59 Å². The van der Waals surface area contributed by atoms with E-state index in [0.717, 1.165) is 56.6 Å². The van der Waals surface area contributed by atoms with E-state index in [2.05, 4.69) is 82.8 Å². The summed E-state index contributed by atoms with van der Waals surface area (Å²) >= 11 is 8.55.